The van der Waals surface area contributed by atoms with Crippen molar-refractivity contribution in [3.05, 3.63) is 65.4 Å². The lowest BCUT2D eigenvalue weighted by atomic mass is 9.89. The normalized spacial score (nSPS) is 19.7. The Balaban J connectivity index is 1.11. The van der Waals surface area contributed by atoms with E-state index < -0.39 is 0 Å². The van der Waals surface area contributed by atoms with Gasteiger partial charge in [-0.3, -0.25) is 9.69 Å². The molecule has 1 amide bonds. The molecule has 1 aliphatic carbocycles. The fourth-order valence-corrected chi connectivity index (χ4v) is 7.11. The van der Waals surface area contributed by atoms with Crippen LogP contribution in [0.4, 0.5) is 0 Å². The molecule has 41 heavy (non-hydrogen) atoms. The zero-order valence-electron chi connectivity index (χ0n) is 23.5. The Labute approximate surface area is 256 Å². The molecule has 0 spiro atoms. The van der Waals surface area contributed by atoms with Crippen LogP contribution in [0.15, 0.2) is 60.0 Å². The lowest BCUT2D eigenvalue weighted by molar-refractivity contribution is -0.126. The van der Waals surface area contributed by atoms with Crippen LogP contribution in [-0.4, -0.2) is 70.3 Å². The molecule has 0 bridgehead atoms. The third-order valence-corrected chi connectivity index (χ3v) is 9.75. The fourth-order valence-electron chi connectivity index (χ4n) is 5.98. The number of thioether (sulfide) groups is 1. The molecule has 2 atom stereocenters. The van der Waals surface area contributed by atoms with E-state index in [1.165, 1.54) is 21.7 Å². The first kappa shape index (κ1) is 30.0. The summed E-state index contributed by atoms with van der Waals surface area (Å²) < 4.78 is 12.2. The Morgan fingerprint density at radius 1 is 0.976 bits per heavy atom. The van der Waals surface area contributed by atoms with Gasteiger partial charge in [-0.15, -0.1) is 0 Å². The molecule has 2 aliphatic rings. The van der Waals surface area contributed by atoms with Crippen LogP contribution in [0.2, 0.25) is 5.02 Å². The smallest absolute Gasteiger partial charge is 0.247 e. The van der Waals surface area contributed by atoms with Crippen LogP contribution < -0.4 is 9.47 Å². The maximum absolute atomic E-state index is 13.1. The monoisotopic (exact) mass is 614 g/mol. The average molecular weight is 616 g/mol. The molecule has 0 unspecified atom stereocenters. The molecule has 3 aromatic rings. The van der Waals surface area contributed by atoms with Gasteiger partial charge >= 0.3 is 0 Å². The number of aromatic nitrogens is 2. The Kier molecular flexibility index (Phi) is 10.3. The summed E-state index contributed by atoms with van der Waals surface area (Å²) in [6.45, 7) is 2.10. The van der Waals surface area contributed by atoms with E-state index in [9.17, 15) is 4.79 Å². The molecule has 2 heterocycles. The molecule has 2 fully saturated rings. The lowest BCUT2D eigenvalue weighted by Crippen LogP contribution is -2.50. The first-order valence-electron chi connectivity index (χ1n) is 14.1. The molecule has 1 saturated carbocycles. The van der Waals surface area contributed by atoms with Crippen LogP contribution in [-0.2, 0) is 11.2 Å². The van der Waals surface area contributed by atoms with E-state index in [0.717, 1.165) is 67.8 Å². The van der Waals surface area contributed by atoms with Crippen molar-refractivity contribution >= 4 is 41.0 Å². The summed E-state index contributed by atoms with van der Waals surface area (Å²) >= 11 is 14.0. The number of carbonyl (C=O) groups excluding carboxylic acids is 1. The molecular formula is C31H36Cl2N4O3S. The van der Waals surface area contributed by atoms with Gasteiger partial charge in [-0.2, -0.15) is 0 Å². The number of methoxy groups -OCH3 is 2. The van der Waals surface area contributed by atoms with Gasteiger partial charge in [-0.25, -0.2) is 14.4 Å². The van der Waals surface area contributed by atoms with Gasteiger partial charge in [0.2, 0.25) is 5.91 Å². The van der Waals surface area contributed by atoms with E-state index in [1.54, 1.807) is 26.6 Å². The van der Waals surface area contributed by atoms with Crippen LogP contribution in [0.3, 0.4) is 0 Å². The predicted octanol–water partition coefficient (Wildman–Crippen LogP) is 6.76. The molecule has 1 saturated heterocycles. The van der Waals surface area contributed by atoms with Gasteiger partial charge < -0.3 is 9.47 Å². The number of rotatable bonds is 10. The van der Waals surface area contributed by atoms with Crippen molar-refractivity contribution in [2.75, 3.05) is 33.1 Å². The summed E-state index contributed by atoms with van der Waals surface area (Å²) in [5, 5.41) is 1.32. The van der Waals surface area contributed by atoms with Crippen molar-refractivity contribution in [3.63, 3.8) is 0 Å². The minimum absolute atomic E-state index is 0.0333. The molecular weight excluding hydrogens is 579 g/mol. The third kappa shape index (κ3) is 7.47. The number of halogens is 2. The van der Waals surface area contributed by atoms with Gasteiger partial charge in [0.1, 0.15) is 0 Å². The van der Waals surface area contributed by atoms with Crippen molar-refractivity contribution in [2.24, 2.45) is 5.92 Å². The fraction of sp³-hybridized carbons (Fsp3) is 0.452. The van der Waals surface area contributed by atoms with E-state index in [1.807, 2.05) is 30.3 Å². The largest absolute Gasteiger partial charge is 0.493 e. The second kappa shape index (κ2) is 14.1. The number of hydrogen-bond donors (Lipinski definition) is 0. The Bertz CT molecular complexity index is 1300. The van der Waals surface area contributed by atoms with Crippen molar-refractivity contribution in [3.8, 4) is 22.6 Å². The molecule has 0 N–H and O–H groups in total. The topological polar surface area (TPSA) is 67.8 Å². The minimum atomic E-state index is -0.0984. The van der Waals surface area contributed by atoms with Crippen molar-refractivity contribution in [2.45, 2.75) is 55.8 Å². The van der Waals surface area contributed by atoms with Gasteiger partial charge in [0, 0.05) is 40.8 Å². The van der Waals surface area contributed by atoms with Gasteiger partial charge in [0.05, 0.1) is 26.0 Å². The summed E-state index contributed by atoms with van der Waals surface area (Å²) in [7, 11) is 3.21. The molecule has 2 aromatic carbocycles. The number of likely N-dealkylation sites (tertiary alicyclic amines) is 1. The van der Waals surface area contributed by atoms with E-state index in [2.05, 4.69) is 27.0 Å². The Morgan fingerprint density at radius 2 is 1.68 bits per heavy atom. The van der Waals surface area contributed by atoms with Crippen molar-refractivity contribution in [1.29, 1.82) is 0 Å². The molecule has 0 radical (unpaired) electrons. The highest BCUT2D eigenvalue weighted by molar-refractivity contribution is 7.99. The highest BCUT2D eigenvalue weighted by Gasteiger charge is 2.39. The zero-order valence-corrected chi connectivity index (χ0v) is 25.8. The second-order valence-corrected chi connectivity index (χ2v) is 12.4. The summed E-state index contributed by atoms with van der Waals surface area (Å²) in [5.41, 5.74) is 3.12. The van der Waals surface area contributed by atoms with Crippen LogP contribution in [0.1, 0.15) is 37.7 Å². The first-order chi connectivity index (χ1) is 19.9. The van der Waals surface area contributed by atoms with Crippen LogP contribution in [0.25, 0.3) is 11.1 Å². The second-order valence-electron chi connectivity index (χ2n) is 10.7. The minimum Gasteiger partial charge on any atom is -0.493 e. The third-order valence-electron chi connectivity index (χ3n) is 8.20. The predicted molar refractivity (Wildman–Crippen MR) is 165 cm³/mol. The SMILES string of the molecule is COc1ccc(-c2cnc(SCC(=O)N(Cl)[C@@H]3CCC[C@@H]3N3CCC(Cc4ccc(Cl)cc4)CC3)nc2)cc1OC. The number of piperidine rings is 1. The van der Waals surface area contributed by atoms with Gasteiger partial charge in [-0.1, -0.05) is 41.6 Å². The van der Waals surface area contributed by atoms with Crippen LogP contribution in [0, 0.1) is 5.92 Å². The molecule has 1 aliphatic heterocycles. The number of amides is 1. The van der Waals surface area contributed by atoms with E-state index in [-0.39, 0.29) is 17.7 Å². The molecule has 218 valence electrons. The summed E-state index contributed by atoms with van der Waals surface area (Å²) in [4.78, 5) is 24.6. The molecule has 1 aromatic heterocycles. The Hall–Kier alpha value is -2.52. The van der Waals surface area contributed by atoms with Crippen molar-refractivity contribution in [1.82, 2.24) is 19.3 Å². The highest BCUT2D eigenvalue weighted by atomic mass is 35.5. The highest BCUT2D eigenvalue weighted by Crippen LogP contribution is 2.34. The Morgan fingerprint density at radius 3 is 2.37 bits per heavy atom. The lowest BCUT2D eigenvalue weighted by Gasteiger charge is -2.40. The summed E-state index contributed by atoms with van der Waals surface area (Å²) in [6.07, 6.45) is 10.0. The number of carbonyl (C=O) groups is 1. The van der Waals surface area contributed by atoms with E-state index in [4.69, 9.17) is 32.9 Å². The number of ether oxygens (including phenoxy) is 2. The average Bonchev–Trinajstić information content (AvgIpc) is 3.51. The van der Waals surface area contributed by atoms with Crippen LogP contribution in [0.5, 0.6) is 11.5 Å². The van der Waals surface area contributed by atoms with Crippen LogP contribution >= 0.6 is 35.1 Å². The maximum atomic E-state index is 13.1. The van der Waals surface area contributed by atoms with E-state index >= 15 is 0 Å². The number of hydrogen-bond acceptors (Lipinski definition) is 7. The van der Waals surface area contributed by atoms with Gasteiger partial charge in [0.25, 0.3) is 0 Å². The maximum Gasteiger partial charge on any atom is 0.247 e. The standard InChI is InChI=1S/C31H36Cl2N4O3S/c1-39-28-11-8-23(17-29(28)40-2)24-18-34-31(35-19-24)41-20-30(38)37(33)27-5-3-4-26(27)36-14-12-22(13-15-36)16-21-6-9-25(32)10-7-21/h6-11,17-19,22,26-27H,3-5,12-16,20H2,1-2H3/t26-,27+/m0/s1. The first-order valence-corrected chi connectivity index (χ1v) is 15.8. The summed E-state index contributed by atoms with van der Waals surface area (Å²) in [5.74, 6) is 2.08. The van der Waals surface area contributed by atoms with Gasteiger partial charge in [-0.05, 0) is 92.9 Å². The summed E-state index contributed by atoms with van der Waals surface area (Å²) in [6, 6.07) is 14.2. The van der Waals surface area contributed by atoms with Crippen molar-refractivity contribution < 1.29 is 14.3 Å². The molecule has 10 heteroatoms. The molecule has 5 rings (SSSR count). The van der Waals surface area contributed by atoms with Gasteiger partial charge in [0.15, 0.2) is 16.7 Å². The molecule has 7 nitrogen and oxygen atoms in total. The zero-order chi connectivity index (χ0) is 28.8. The van der Waals surface area contributed by atoms with E-state index in [0.29, 0.717) is 28.6 Å². The number of nitrogens with zero attached hydrogens (tertiary/aromatic N) is 4. The quantitative estimate of drug-likeness (QED) is 0.142. The number of benzene rings is 2.